The van der Waals surface area contributed by atoms with E-state index in [0.29, 0.717) is 5.70 Å². The Morgan fingerprint density at radius 3 is 2.62 bits per heavy atom. The van der Waals surface area contributed by atoms with Crippen molar-refractivity contribution >= 4 is 17.6 Å². The molecular formula is C16H18N2O6. The number of hydrogen-bond donors (Lipinski definition) is 2. The molecule has 2 N–H and O–H groups in total. The van der Waals surface area contributed by atoms with Gasteiger partial charge in [-0.1, -0.05) is 12.1 Å². The minimum atomic E-state index is -1.76. The summed E-state index contributed by atoms with van der Waals surface area (Å²) in [6.07, 6.45) is 1.41. The molecular weight excluding hydrogens is 316 g/mol. The number of nitrogens with zero attached hydrogens (tertiary/aromatic N) is 1. The molecule has 1 aliphatic heterocycles. The first-order valence-electron chi connectivity index (χ1n) is 7.26. The SMILES string of the molecule is COC(=O)C1C(C)NC(C)=CC1(C(=O)O)c1cccc([N+](=O)[O-])c1. The maximum atomic E-state index is 12.3. The third kappa shape index (κ3) is 2.70. The molecule has 0 fully saturated rings. The van der Waals surface area contributed by atoms with Gasteiger partial charge in [-0.05, 0) is 25.5 Å². The lowest BCUT2D eigenvalue weighted by Crippen LogP contribution is -2.57. The smallest absolute Gasteiger partial charge is 0.319 e. The predicted molar refractivity (Wildman–Crippen MR) is 84.3 cm³/mol. The molecule has 0 bridgehead atoms. The molecule has 24 heavy (non-hydrogen) atoms. The topological polar surface area (TPSA) is 119 Å². The van der Waals surface area contributed by atoms with E-state index in [1.807, 2.05) is 0 Å². The summed E-state index contributed by atoms with van der Waals surface area (Å²) in [5, 5.41) is 24.0. The molecule has 0 aromatic heterocycles. The average molecular weight is 334 g/mol. The highest BCUT2D eigenvalue weighted by Gasteiger charge is 2.54. The summed E-state index contributed by atoms with van der Waals surface area (Å²) in [6, 6.07) is 4.80. The van der Waals surface area contributed by atoms with Gasteiger partial charge in [0.1, 0.15) is 11.3 Å². The standard InChI is InChI=1S/C16H18N2O6/c1-9-8-16(15(20)21,13(10(2)17-9)14(19)24-3)11-5-4-6-12(7-11)18(22)23/h4-8,10,13,17H,1-3H3,(H,20,21). The van der Waals surface area contributed by atoms with Crippen LogP contribution in [0, 0.1) is 16.0 Å². The van der Waals surface area contributed by atoms with Gasteiger partial charge in [0.05, 0.1) is 12.0 Å². The van der Waals surface area contributed by atoms with Gasteiger partial charge < -0.3 is 15.2 Å². The number of nitro benzene ring substituents is 1. The van der Waals surface area contributed by atoms with Gasteiger partial charge in [-0.2, -0.15) is 0 Å². The fourth-order valence-electron chi connectivity index (χ4n) is 3.28. The fourth-order valence-corrected chi connectivity index (χ4v) is 3.28. The van der Waals surface area contributed by atoms with E-state index in [1.165, 1.54) is 37.5 Å². The highest BCUT2D eigenvalue weighted by atomic mass is 16.6. The first-order chi connectivity index (χ1) is 11.2. The zero-order chi connectivity index (χ0) is 18.1. The molecule has 0 saturated carbocycles. The van der Waals surface area contributed by atoms with E-state index in [4.69, 9.17) is 4.74 Å². The Bertz CT molecular complexity index is 729. The van der Waals surface area contributed by atoms with Gasteiger partial charge in [-0.3, -0.25) is 19.7 Å². The Kier molecular flexibility index (Phi) is 4.59. The number of allylic oxidation sites excluding steroid dienone is 1. The normalized spacial score (nSPS) is 26.0. The molecule has 1 aromatic rings. The van der Waals surface area contributed by atoms with Crippen LogP contribution in [0.1, 0.15) is 19.4 Å². The van der Waals surface area contributed by atoms with Crippen molar-refractivity contribution in [3.8, 4) is 0 Å². The summed E-state index contributed by atoms with van der Waals surface area (Å²) < 4.78 is 4.79. The van der Waals surface area contributed by atoms with Gasteiger partial charge >= 0.3 is 11.9 Å². The fraction of sp³-hybridized carbons (Fsp3) is 0.375. The van der Waals surface area contributed by atoms with Crippen molar-refractivity contribution in [1.82, 2.24) is 5.32 Å². The van der Waals surface area contributed by atoms with E-state index >= 15 is 0 Å². The van der Waals surface area contributed by atoms with Crippen LogP contribution in [0.15, 0.2) is 36.0 Å². The van der Waals surface area contributed by atoms with Crippen molar-refractivity contribution < 1.29 is 24.4 Å². The van der Waals surface area contributed by atoms with Crippen LogP contribution in [0.3, 0.4) is 0 Å². The van der Waals surface area contributed by atoms with Crippen LogP contribution in [0.4, 0.5) is 5.69 Å². The van der Waals surface area contributed by atoms with E-state index < -0.39 is 34.2 Å². The van der Waals surface area contributed by atoms with Crippen molar-refractivity contribution in [2.45, 2.75) is 25.3 Å². The van der Waals surface area contributed by atoms with E-state index in [1.54, 1.807) is 13.8 Å². The molecule has 128 valence electrons. The molecule has 3 atom stereocenters. The second-order valence-corrected chi connectivity index (χ2v) is 5.74. The highest BCUT2D eigenvalue weighted by molar-refractivity contribution is 5.92. The Balaban J connectivity index is 2.78. The number of benzene rings is 1. The largest absolute Gasteiger partial charge is 0.480 e. The van der Waals surface area contributed by atoms with Gasteiger partial charge in [0.15, 0.2) is 0 Å². The van der Waals surface area contributed by atoms with Gasteiger partial charge in [-0.15, -0.1) is 0 Å². The molecule has 1 aromatic carbocycles. The third-order valence-corrected chi connectivity index (χ3v) is 4.23. The molecule has 3 unspecified atom stereocenters. The van der Waals surface area contributed by atoms with Crippen LogP contribution in [0.25, 0.3) is 0 Å². The molecule has 8 heteroatoms. The number of esters is 1. The van der Waals surface area contributed by atoms with Crippen molar-refractivity contribution in [3.05, 3.63) is 51.7 Å². The van der Waals surface area contributed by atoms with Crippen molar-refractivity contribution in [2.24, 2.45) is 5.92 Å². The number of carbonyl (C=O) groups excluding carboxylic acids is 1. The number of rotatable bonds is 4. The molecule has 1 aliphatic rings. The van der Waals surface area contributed by atoms with Gasteiger partial charge in [0.25, 0.3) is 5.69 Å². The van der Waals surface area contributed by atoms with Gasteiger partial charge in [0, 0.05) is 23.9 Å². The van der Waals surface area contributed by atoms with Crippen LogP contribution in [0.5, 0.6) is 0 Å². The second-order valence-electron chi connectivity index (χ2n) is 5.74. The second kappa shape index (κ2) is 6.31. The molecule has 0 amide bonds. The Morgan fingerprint density at radius 1 is 1.42 bits per heavy atom. The van der Waals surface area contributed by atoms with Crippen molar-refractivity contribution in [1.29, 1.82) is 0 Å². The van der Waals surface area contributed by atoms with E-state index in [9.17, 15) is 24.8 Å². The van der Waals surface area contributed by atoms with Crippen molar-refractivity contribution in [3.63, 3.8) is 0 Å². The molecule has 1 heterocycles. The number of carboxylic acid groups (broad SMARTS) is 1. The number of nitro groups is 1. The van der Waals surface area contributed by atoms with E-state index in [2.05, 4.69) is 5.32 Å². The number of non-ortho nitro benzene ring substituents is 1. The molecule has 0 spiro atoms. The molecule has 8 nitrogen and oxygen atoms in total. The summed E-state index contributed by atoms with van der Waals surface area (Å²) in [7, 11) is 1.18. The number of ether oxygens (including phenoxy) is 1. The first kappa shape index (κ1) is 17.5. The minimum absolute atomic E-state index is 0.160. The minimum Gasteiger partial charge on any atom is -0.480 e. The summed E-state index contributed by atoms with van der Waals surface area (Å²) in [5.74, 6) is -3.05. The maximum absolute atomic E-state index is 12.3. The number of nitrogens with one attached hydrogen (secondary N) is 1. The average Bonchev–Trinajstić information content (AvgIpc) is 2.53. The summed E-state index contributed by atoms with van der Waals surface area (Å²) in [5.41, 5.74) is -1.27. The molecule has 0 aliphatic carbocycles. The first-order valence-corrected chi connectivity index (χ1v) is 7.26. The number of methoxy groups -OCH3 is 1. The maximum Gasteiger partial charge on any atom is 0.319 e. The Hall–Kier alpha value is -2.90. The zero-order valence-electron chi connectivity index (χ0n) is 13.5. The van der Waals surface area contributed by atoms with Gasteiger partial charge in [-0.25, -0.2) is 0 Å². The van der Waals surface area contributed by atoms with E-state index in [0.717, 1.165) is 0 Å². The van der Waals surface area contributed by atoms with Crippen LogP contribution in [-0.2, 0) is 19.7 Å². The lowest BCUT2D eigenvalue weighted by atomic mass is 9.65. The highest BCUT2D eigenvalue weighted by Crippen LogP contribution is 2.41. The Labute approximate surface area is 138 Å². The lowest BCUT2D eigenvalue weighted by Gasteiger charge is -2.41. The predicted octanol–water partition coefficient (Wildman–Crippen LogP) is 1.60. The number of hydrogen-bond acceptors (Lipinski definition) is 6. The van der Waals surface area contributed by atoms with Gasteiger partial charge in [0.2, 0.25) is 0 Å². The van der Waals surface area contributed by atoms with Crippen LogP contribution in [0.2, 0.25) is 0 Å². The number of aliphatic carboxylic acids is 1. The molecule has 2 rings (SSSR count). The number of carboxylic acids is 1. The molecule has 0 saturated heterocycles. The van der Waals surface area contributed by atoms with Crippen LogP contribution >= 0.6 is 0 Å². The van der Waals surface area contributed by atoms with Crippen LogP contribution < -0.4 is 5.32 Å². The number of carbonyl (C=O) groups is 2. The monoisotopic (exact) mass is 334 g/mol. The quantitative estimate of drug-likeness (QED) is 0.487. The molecule has 0 radical (unpaired) electrons. The summed E-state index contributed by atoms with van der Waals surface area (Å²) in [6.45, 7) is 3.35. The summed E-state index contributed by atoms with van der Waals surface area (Å²) >= 11 is 0. The summed E-state index contributed by atoms with van der Waals surface area (Å²) in [4.78, 5) is 35.0. The van der Waals surface area contributed by atoms with Crippen LogP contribution in [-0.4, -0.2) is 35.1 Å². The zero-order valence-corrected chi connectivity index (χ0v) is 13.5. The van der Waals surface area contributed by atoms with E-state index in [-0.39, 0.29) is 11.3 Å². The Morgan fingerprint density at radius 2 is 2.08 bits per heavy atom. The third-order valence-electron chi connectivity index (χ3n) is 4.23. The van der Waals surface area contributed by atoms with Crippen molar-refractivity contribution in [2.75, 3.05) is 7.11 Å². The lowest BCUT2D eigenvalue weighted by molar-refractivity contribution is -0.385.